The summed E-state index contributed by atoms with van der Waals surface area (Å²) in [4.78, 5) is 32.6. The summed E-state index contributed by atoms with van der Waals surface area (Å²) in [5.74, 6) is -0.316. The fraction of sp³-hybridized carbons (Fsp3) is 0.250. The van der Waals surface area contributed by atoms with Gasteiger partial charge in [0.25, 0.3) is 11.8 Å². The zero-order chi connectivity index (χ0) is 25.2. The van der Waals surface area contributed by atoms with Crippen LogP contribution in [-0.4, -0.2) is 29.8 Å². The molecule has 0 spiro atoms. The Balaban J connectivity index is 0.980. The van der Waals surface area contributed by atoms with Gasteiger partial charge in [-0.15, -0.1) is 0 Å². The van der Waals surface area contributed by atoms with Gasteiger partial charge in [-0.3, -0.25) is 14.5 Å². The van der Waals surface area contributed by atoms with Gasteiger partial charge in [-0.25, -0.2) is 0 Å². The maximum Gasteiger partial charge on any atom is 0.261 e. The van der Waals surface area contributed by atoms with Crippen LogP contribution in [0.1, 0.15) is 59.2 Å². The molecule has 0 unspecified atom stereocenters. The van der Waals surface area contributed by atoms with E-state index in [0.717, 1.165) is 49.4 Å². The normalized spacial score (nSPS) is 14.2. The van der Waals surface area contributed by atoms with Gasteiger partial charge in [0, 0.05) is 39.4 Å². The maximum atomic E-state index is 13.0. The van der Waals surface area contributed by atoms with Crippen LogP contribution < -0.4 is 4.90 Å². The molecule has 2 aliphatic rings. The third-order valence-electron chi connectivity index (χ3n) is 7.40. The number of fused-ring (bicyclic) bond motifs is 2. The number of unbranched alkanes of at least 4 members (excludes halogenated alkanes) is 5. The van der Waals surface area contributed by atoms with Gasteiger partial charge in [0.1, 0.15) is 0 Å². The van der Waals surface area contributed by atoms with Crippen molar-refractivity contribution in [3.8, 4) is 0 Å². The quantitative estimate of drug-likeness (QED) is 0.170. The van der Waals surface area contributed by atoms with Crippen molar-refractivity contribution in [3.63, 3.8) is 0 Å². The van der Waals surface area contributed by atoms with Gasteiger partial charge in [0.05, 0.1) is 11.4 Å². The highest BCUT2D eigenvalue weighted by atomic mass is 32.2. The molecule has 0 aliphatic carbocycles. The van der Waals surface area contributed by atoms with E-state index in [-0.39, 0.29) is 11.8 Å². The van der Waals surface area contributed by atoms with Gasteiger partial charge < -0.3 is 4.90 Å². The third kappa shape index (κ3) is 4.53. The number of para-hydroxylation sites is 2. The number of nitrogens with zero attached hydrogens (tertiary/aromatic N) is 2. The molecule has 0 bridgehead atoms. The fourth-order valence-electron chi connectivity index (χ4n) is 5.55. The minimum Gasteiger partial charge on any atom is -0.340 e. The second-order valence-corrected chi connectivity index (χ2v) is 10.9. The van der Waals surface area contributed by atoms with Gasteiger partial charge >= 0.3 is 0 Å². The highest BCUT2D eigenvalue weighted by molar-refractivity contribution is 7.99. The van der Waals surface area contributed by atoms with Gasteiger partial charge in [-0.2, -0.15) is 0 Å². The SMILES string of the molecule is O=C1c2cccc3cccc(c23)C(=O)N1CCCCCCCCN1c2ccccc2Sc2ccccc21. The monoisotopic (exact) mass is 506 g/mol. The first kappa shape index (κ1) is 23.8. The van der Waals surface area contributed by atoms with Crippen LogP contribution in [0.4, 0.5) is 11.4 Å². The molecule has 0 radical (unpaired) electrons. The van der Waals surface area contributed by atoms with Crippen molar-refractivity contribution < 1.29 is 9.59 Å². The number of amides is 2. The lowest BCUT2D eigenvalue weighted by atomic mass is 9.94. The van der Waals surface area contributed by atoms with Crippen molar-refractivity contribution in [1.82, 2.24) is 4.90 Å². The smallest absolute Gasteiger partial charge is 0.261 e. The molecule has 4 aromatic carbocycles. The molecule has 2 amide bonds. The van der Waals surface area contributed by atoms with Crippen LogP contribution in [0, 0.1) is 0 Å². The first-order chi connectivity index (χ1) is 18.2. The summed E-state index contributed by atoms with van der Waals surface area (Å²) < 4.78 is 0. The van der Waals surface area contributed by atoms with Gasteiger partial charge in [-0.05, 0) is 54.6 Å². The van der Waals surface area contributed by atoms with Gasteiger partial charge in [-0.1, -0.05) is 86.0 Å². The highest BCUT2D eigenvalue weighted by Gasteiger charge is 2.32. The van der Waals surface area contributed by atoms with Crippen molar-refractivity contribution >= 4 is 45.7 Å². The molecule has 2 aliphatic heterocycles. The molecule has 6 rings (SSSR count). The predicted octanol–water partition coefficient (Wildman–Crippen LogP) is 8.08. The van der Waals surface area contributed by atoms with Crippen molar-refractivity contribution in [2.75, 3.05) is 18.0 Å². The molecule has 0 saturated carbocycles. The Morgan fingerprint density at radius 3 is 1.57 bits per heavy atom. The van der Waals surface area contributed by atoms with E-state index in [4.69, 9.17) is 0 Å². The van der Waals surface area contributed by atoms with E-state index in [1.165, 1.54) is 32.5 Å². The van der Waals surface area contributed by atoms with Crippen LogP contribution in [0.25, 0.3) is 10.8 Å². The Morgan fingerprint density at radius 2 is 1.00 bits per heavy atom. The Labute approximate surface area is 222 Å². The van der Waals surface area contributed by atoms with Crippen LogP contribution in [0.15, 0.2) is 94.7 Å². The first-order valence-electron chi connectivity index (χ1n) is 13.2. The molecule has 5 heteroatoms. The standard InChI is InChI=1S/C32H30N2O2S/c35-31-24-15-11-13-23-14-12-16-25(30(23)24)32(36)34(31)22-10-4-2-1-3-9-21-33-26-17-5-7-19-28(26)37-29-20-8-6-18-27(29)33/h5-8,11-20H,1-4,9-10,21-22H2. The second kappa shape index (κ2) is 10.4. The van der Waals surface area contributed by atoms with Crippen LogP contribution in [-0.2, 0) is 0 Å². The summed E-state index contributed by atoms with van der Waals surface area (Å²) in [6.07, 6.45) is 6.46. The van der Waals surface area contributed by atoms with E-state index >= 15 is 0 Å². The minimum absolute atomic E-state index is 0.158. The molecule has 4 aromatic rings. The number of hydrogen-bond donors (Lipinski definition) is 0. The van der Waals surface area contributed by atoms with E-state index in [1.807, 2.05) is 48.2 Å². The largest absolute Gasteiger partial charge is 0.340 e. The van der Waals surface area contributed by atoms with Crippen molar-refractivity contribution in [3.05, 3.63) is 96.1 Å². The Bertz CT molecular complexity index is 1380. The highest BCUT2D eigenvalue weighted by Crippen LogP contribution is 2.47. The third-order valence-corrected chi connectivity index (χ3v) is 8.53. The number of anilines is 2. The maximum absolute atomic E-state index is 13.0. The molecular weight excluding hydrogens is 476 g/mol. The average Bonchev–Trinajstić information content (AvgIpc) is 2.94. The summed E-state index contributed by atoms with van der Waals surface area (Å²) in [6.45, 7) is 1.50. The molecule has 0 atom stereocenters. The van der Waals surface area contributed by atoms with Crippen molar-refractivity contribution in [2.45, 2.75) is 48.3 Å². The molecule has 0 aromatic heterocycles. The molecule has 186 valence electrons. The molecule has 37 heavy (non-hydrogen) atoms. The molecule has 0 N–H and O–H groups in total. The summed E-state index contributed by atoms with van der Waals surface area (Å²) in [5, 5.41) is 1.75. The van der Waals surface area contributed by atoms with E-state index in [1.54, 1.807) is 0 Å². The number of imide groups is 1. The zero-order valence-electron chi connectivity index (χ0n) is 20.9. The van der Waals surface area contributed by atoms with Crippen LogP contribution in [0.2, 0.25) is 0 Å². The number of rotatable bonds is 9. The summed E-state index contributed by atoms with van der Waals surface area (Å²) in [7, 11) is 0. The lowest BCUT2D eigenvalue weighted by Gasteiger charge is -2.32. The number of carbonyl (C=O) groups excluding carboxylic acids is 2. The average molecular weight is 507 g/mol. The lowest BCUT2D eigenvalue weighted by Crippen LogP contribution is -2.40. The van der Waals surface area contributed by atoms with Crippen molar-refractivity contribution in [1.29, 1.82) is 0 Å². The van der Waals surface area contributed by atoms with Crippen molar-refractivity contribution in [2.24, 2.45) is 0 Å². The van der Waals surface area contributed by atoms with E-state index < -0.39 is 0 Å². The molecule has 4 nitrogen and oxygen atoms in total. The number of carbonyl (C=O) groups is 2. The van der Waals surface area contributed by atoms with E-state index in [0.29, 0.717) is 17.7 Å². The molecule has 2 heterocycles. The summed E-state index contributed by atoms with van der Waals surface area (Å²) >= 11 is 1.85. The van der Waals surface area contributed by atoms with E-state index in [9.17, 15) is 9.59 Å². The molecular formula is C32H30N2O2S. The second-order valence-electron chi connectivity index (χ2n) is 9.78. The first-order valence-corrected chi connectivity index (χ1v) is 14.1. The van der Waals surface area contributed by atoms with Crippen LogP contribution >= 0.6 is 11.8 Å². The Hall–Kier alpha value is -3.57. The lowest BCUT2D eigenvalue weighted by molar-refractivity contribution is 0.0607. The number of hydrogen-bond acceptors (Lipinski definition) is 4. The fourth-order valence-corrected chi connectivity index (χ4v) is 6.65. The van der Waals surface area contributed by atoms with E-state index in [2.05, 4.69) is 53.4 Å². The van der Waals surface area contributed by atoms with Gasteiger partial charge in [0.2, 0.25) is 0 Å². The minimum atomic E-state index is -0.158. The number of benzene rings is 4. The van der Waals surface area contributed by atoms with Crippen LogP contribution in [0.3, 0.4) is 0 Å². The predicted molar refractivity (Wildman–Crippen MR) is 151 cm³/mol. The summed E-state index contributed by atoms with van der Waals surface area (Å²) in [5.41, 5.74) is 3.90. The molecule has 0 fully saturated rings. The zero-order valence-corrected chi connectivity index (χ0v) is 21.7. The van der Waals surface area contributed by atoms with Gasteiger partial charge in [0.15, 0.2) is 0 Å². The summed E-state index contributed by atoms with van der Waals surface area (Å²) in [6, 6.07) is 28.7. The molecule has 0 saturated heterocycles. The van der Waals surface area contributed by atoms with Crippen LogP contribution in [0.5, 0.6) is 0 Å². The topological polar surface area (TPSA) is 40.6 Å². The Kier molecular flexibility index (Phi) is 6.71. The Morgan fingerprint density at radius 1 is 0.514 bits per heavy atom.